The van der Waals surface area contributed by atoms with Crippen LogP contribution in [0.5, 0.6) is 0 Å². The molecule has 2 nitrogen and oxygen atoms in total. The number of alkyl halides is 1. The van der Waals surface area contributed by atoms with Gasteiger partial charge in [0.1, 0.15) is 6.10 Å². The van der Waals surface area contributed by atoms with Crippen molar-refractivity contribution in [1.82, 2.24) is 0 Å². The number of carbonyl (C=O) groups excluding carboxylic acids is 1. The predicted octanol–water partition coefficient (Wildman–Crippen LogP) is 3.46. The van der Waals surface area contributed by atoms with E-state index in [1.807, 2.05) is 24.3 Å². The normalized spacial score (nSPS) is 20.9. The number of cyclic esters (lactones) is 1. The highest BCUT2D eigenvalue weighted by Crippen LogP contribution is 2.37. The van der Waals surface area contributed by atoms with Gasteiger partial charge in [-0.05, 0) is 12.5 Å². The van der Waals surface area contributed by atoms with E-state index in [1.165, 1.54) is 0 Å². The fourth-order valence-electron chi connectivity index (χ4n) is 1.87. The second kappa shape index (κ2) is 4.35. The lowest BCUT2D eigenvalue weighted by atomic mass is 10.0. The Balaban J connectivity index is 2.28. The molecule has 0 aliphatic carbocycles. The Bertz CT molecular complexity index is 376. The zero-order chi connectivity index (χ0) is 10.8. The van der Waals surface area contributed by atoms with Gasteiger partial charge >= 0.3 is 5.97 Å². The van der Waals surface area contributed by atoms with E-state index in [-0.39, 0.29) is 16.9 Å². The van der Waals surface area contributed by atoms with Crippen LogP contribution >= 0.6 is 15.9 Å². The first-order chi connectivity index (χ1) is 7.24. The molecule has 0 aromatic heterocycles. The molecule has 0 amide bonds. The van der Waals surface area contributed by atoms with Gasteiger partial charge in [-0.1, -0.05) is 47.5 Å². The van der Waals surface area contributed by atoms with Crippen molar-refractivity contribution in [1.29, 1.82) is 0 Å². The Kier molecular flexibility index (Phi) is 3.10. The van der Waals surface area contributed by atoms with Crippen molar-refractivity contribution in [2.45, 2.75) is 30.7 Å². The van der Waals surface area contributed by atoms with Gasteiger partial charge in [-0.2, -0.15) is 0 Å². The van der Waals surface area contributed by atoms with Gasteiger partial charge in [-0.25, -0.2) is 4.79 Å². The van der Waals surface area contributed by atoms with Gasteiger partial charge < -0.3 is 4.74 Å². The third-order valence-electron chi connectivity index (χ3n) is 2.61. The minimum atomic E-state index is -0.198. The van der Waals surface area contributed by atoms with E-state index in [9.17, 15) is 4.79 Å². The van der Waals surface area contributed by atoms with Crippen LogP contribution in [-0.4, -0.2) is 10.8 Å². The summed E-state index contributed by atoms with van der Waals surface area (Å²) >= 11 is 3.59. The van der Waals surface area contributed by atoms with Crippen LogP contribution in [0.25, 0.3) is 0 Å². The van der Waals surface area contributed by atoms with Crippen molar-refractivity contribution in [3.05, 3.63) is 35.4 Å². The van der Waals surface area contributed by atoms with Crippen LogP contribution in [0.1, 0.15) is 41.8 Å². The molecule has 0 saturated heterocycles. The molecule has 0 saturated carbocycles. The molecule has 15 heavy (non-hydrogen) atoms. The number of hydrogen-bond donors (Lipinski definition) is 0. The molecule has 0 radical (unpaired) electrons. The van der Waals surface area contributed by atoms with E-state index in [2.05, 4.69) is 22.9 Å². The molecule has 0 bridgehead atoms. The Morgan fingerprint density at radius 1 is 1.47 bits per heavy atom. The number of fused-ring (bicyclic) bond motifs is 1. The summed E-state index contributed by atoms with van der Waals surface area (Å²) < 4.78 is 5.36. The Morgan fingerprint density at radius 3 is 2.93 bits per heavy atom. The van der Waals surface area contributed by atoms with E-state index in [1.54, 1.807) is 0 Å². The molecule has 1 aliphatic rings. The largest absolute Gasteiger partial charge is 0.453 e. The van der Waals surface area contributed by atoms with Crippen LogP contribution in [-0.2, 0) is 4.74 Å². The number of ether oxygens (including phenoxy) is 1. The summed E-state index contributed by atoms with van der Waals surface area (Å²) in [5, 5.41) is 0. The second-order valence-corrected chi connectivity index (χ2v) is 4.89. The Labute approximate surface area is 97.8 Å². The van der Waals surface area contributed by atoms with E-state index < -0.39 is 0 Å². The van der Waals surface area contributed by atoms with Gasteiger partial charge in [0, 0.05) is 5.56 Å². The number of rotatable bonds is 3. The van der Waals surface area contributed by atoms with E-state index in [4.69, 9.17) is 4.74 Å². The summed E-state index contributed by atoms with van der Waals surface area (Å²) in [6.45, 7) is 2.12. The van der Waals surface area contributed by atoms with Crippen molar-refractivity contribution < 1.29 is 9.53 Å². The summed E-state index contributed by atoms with van der Waals surface area (Å²) in [5.74, 6) is -0.198. The van der Waals surface area contributed by atoms with E-state index >= 15 is 0 Å². The van der Waals surface area contributed by atoms with Crippen LogP contribution in [0.4, 0.5) is 0 Å². The molecule has 1 aromatic carbocycles. The summed E-state index contributed by atoms with van der Waals surface area (Å²) in [6.07, 6.45) is 1.96. The molecule has 1 heterocycles. The zero-order valence-electron chi connectivity index (χ0n) is 8.57. The van der Waals surface area contributed by atoms with Gasteiger partial charge in [0.25, 0.3) is 0 Å². The highest BCUT2D eigenvalue weighted by Gasteiger charge is 2.34. The number of esters is 1. The average Bonchev–Trinajstić information content (AvgIpc) is 2.58. The summed E-state index contributed by atoms with van der Waals surface area (Å²) in [7, 11) is 0. The molecule has 1 aliphatic heterocycles. The molecule has 80 valence electrons. The highest BCUT2D eigenvalue weighted by molar-refractivity contribution is 9.09. The summed E-state index contributed by atoms with van der Waals surface area (Å²) in [4.78, 5) is 11.8. The number of hydrogen-bond acceptors (Lipinski definition) is 2. The van der Waals surface area contributed by atoms with E-state index in [0.717, 1.165) is 18.4 Å². The van der Waals surface area contributed by atoms with Gasteiger partial charge in [0.05, 0.1) is 10.4 Å². The molecule has 1 aromatic rings. The monoisotopic (exact) mass is 268 g/mol. The van der Waals surface area contributed by atoms with Crippen LogP contribution in [0.15, 0.2) is 24.3 Å². The Hall–Kier alpha value is -0.830. The molecule has 0 unspecified atom stereocenters. The zero-order valence-corrected chi connectivity index (χ0v) is 10.2. The topological polar surface area (TPSA) is 26.3 Å². The van der Waals surface area contributed by atoms with Gasteiger partial charge in [0.15, 0.2) is 0 Å². The number of halogens is 1. The average molecular weight is 269 g/mol. The first-order valence-corrected chi connectivity index (χ1v) is 6.09. The van der Waals surface area contributed by atoms with E-state index in [0.29, 0.717) is 5.56 Å². The fourth-order valence-corrected chi connectivity index (χ4v) is 2.72. The molecular formula is C12H13BrO2. The van der Waals surface area contributed by atoms with Gasteiger partial charge in [0.2, 0.25) is 0 Å². The number of carbonyl (C=O) groups is 1. The van der Waals surface area contributed by atoms with Crippen molar-refractivity contribution in [2.24, 2.45) is 0 Å². The smallest absolute Gasteiger partial charge is 0.339 e. The lowest BCUT2D eigenvalue weighted by Crippen LogP contribution is -2.12. The molecule has 2 atom stereocenters. The van der Waals surface area contributed by atoms with Gasteiger partial charge in [-0.3, -0.25) is 0 Å². The third kappa shape index (κ3) is 1.93. The molecular weight excluding hydrogens is 256 g/mol. The minimum Gasteiger partial charge on any atom is -0.453 e. The van der Waals surface area contributed by atoms with Crippen molar-refractivity contribution >= 4 is 21.9 Å². The number of benzene rings is 1. The van der Waals surface area contributed by atoms with Crippen LogP contribution in [0, 0.1) is 0 Å². The van der Waals surface area contributed by atoms with Crippen molar-refractivity contribution in [3.63, 3.8) is 0 Å². The van der Waals surface area contributed by atoms with Crippen LogP contribution in [0.3, 0.4) is 0 Å². The lowest BCUT2D eigenvalue weighted by Gasteiger charge is -2.16. The first kappa shape index (κ1) is 10.7. The quantitative estimate of drug-likeness (QED) is 0.620. The Morgan fingerprint density at radius 2 is 2.20 bits per heavy atom. The van der Waals surface area contributed by atoms with Crippen molar-refractivity contribution in [3.8, 4) is 0 Å². The maximum absolute atomic E-state index is 11.5. The molecule has 0 N–H and O–H groups in total. The van der Waals surface area contributed by atoms with Gasteiger partial charge in [-0.15, -0.1) is 0 Å². The van der Waals surface area contributed by atoms with Crippen molar-refractivity contribution in [2.75, 3.05) is 0 Å². The molecule has 2 rings (SSSR count). The molecule has 0 fully saturated rings. The van der Waals surface area contributed by atoms with Crippen LogP contribution in [0.2, 0.25) is 0 Å². The van der Waals surface area contributed by atoms with Crippen LogP contribution < -0.4 is 0 Å². The summed E-state index contributed by atoms with van der Waals surface area (Å²) in [5.41, 5.74) is 1.72. The lowest BCUT2D eigenvalue weighted by molar-refractivity contribution is 0.0380. The standard InChI is InChI=1S/C12H13BrO2/c1-2-5-10(13)11-8-6-3-4-7-9(8)12(14)15-11/h3-4,6-7,10-11H,2,5H2,1H3/t10-,11+/m0/s1. The maximum atomic E-state index is 11.5. The molecule has 3 heteroatoms. The third-order valence-corrected chi connectivity index (χ3v) is 3.55. The highest BCUT2D eigenvalue weighted by atomic mass is 79.9. The minimum absolute atomic E-state index is 0.117. The second-order valence-electron chi connectivity index (χ2n) is 3.72. The first-order valence-electron chi connectivity index (χ1n) is 5.18. The predicted molar refractivity (Wildman–Crippen MR) is 62.2 cm³/mol. The molecule has 0 spiro atoms. The fraction of sp³-hybridized carbons (Fsp3) is 0.417. The maximum Gasteiger partial charge on any atom is 0.339 e. The summed E-state index contributed by atoms with van der Waals surface area (Å²) in [6, 6.07) is 7.60. The SMILES string of the molecule is CCC[C@H](Br)[C@@H]1OC(=O)c2ccccc21.